The molecule has 1 saturated heterocycles. The van der Waals surface area contributed by atoms with Crippen LogP contribution in [-0.4, -0.2) is 57.4 Å². The molecule has 0 aromatic heterocycles. The van der Waals surface area contributed by atoms with Gasteiger partial charge < -0.3 is 9.64 Å². The molecule has 2 heterocycles. The van der Waals surface area contributed by atoms with Crippen molar-refractivity contribution in [2.24, 2.45) is 4.99 Å². The molecule has 2 amide bonds. The summed E-state index contributed by atoms with van der Waals surface area (Å²) in [5, 5.41) is 0. The van der Waals surface area contributed by atoms with E-state index in [4.69, 9.17) is 4.74 Å². The van der Waals surface area contributed by atoms with E-state index >= 15 is 0 Å². The van der Waals surface area contributed by atoms with E-state index in [0.717, 1.165) is 50.4 Å². The molecule has 0 saturated carbocycles. The number of hydrogen-bond donors (Lipinski definition) is 1. The van der Waals surface area contributed by atoms with E-state index in [1.165, 1.54) is 4.90 Å². The molecule has 156 valence electrons. The fourth-order valence-corrected chi connectivity index (χ4v) is 4.05. The maximum Gasteiger partial charge on any atom is 0.265 e. The number of hydrogen-bond acceptors (Lipinski definition) is 4. The lowest BCUT2D eigenvalue weighted by molar-refractivity contribution is -0.908. The summed E-state index contributed by atoms with van der Waals surface area (Å²) < 4.78 is 5.39. The van der Waals surface area contributed by atoms with Crippen molar-refractivity contribution in [3.05, 3.63) is 65.2 Å². The molecule has 2 aliphatic heterocycles. The summed E-state index contributed by atoms with van der Waals surface area (Å²) in [6.45, 7) is 7.47. The lowest BCUT2D eigenvalue weighted by atomic mass is 9.89. The monoisotopic (exact) mass is 406 g/mol. The number of aryl methyl sites for hydroxylation is 1. The van der Waals surface area contributed by atoms with Crippen LogP contribution in [0.4, 0.5) is 5.69 Å². The zero-order chi connectivity index (χ0) is 20.9. The van der Waals surface area contributed by atoms with Crippen molar-refractivity contribution in [1.29, 1.82) is 0 Å². The molecule has 2 aliphatic rings. The summed E-state index contributed by atoms with van der Waals surface area (Å²) in [4.78, 5) is 33.8. The van der Waals surface area contributed by atoms with Gasteiger partial charge in [0, 0.05) is 24.7 Å². The van der Waals surface area contributed by atoms with E-state index in [-0.39, 0.29) is 11.8 Å². The Bertz CT molecular complexity index is 933. The first-order chi connectivity index (χ1) is 14.6. The van der Waals surface area contributed by atoms with Gasteiger partial charge in [0.1, 0.15) is 13.1 Å². The van der Waals surface area contributed by atoms with Gasteiger partial charge in [-0.05, 0) is 30.7 Å². The van der Waals surface area contributed by atoms with Crippen LogP contribution in [0, 0.1) is 6.92 Å². The predicted molar refractivity (Wildman–Crippen MR) is 117 cm³/mol. The van der Waals surface area contributed by atoms with E-state index in [1.807, 2.05) is 49.4 Å². The number of nitrogens with one attached hydrogen (secondary N) is 1. The van der Waals surface area contributed by atoms with Gasteiger partial charge in [0.15, 0.2) is 0 Å². The van der Waals surface area contributed by atoms with Gasteiger partial charge in [-0.25, -0.2) is 4.90 Å². The zero-order valence-corrected chi connectivity index (χ0v) is 17.3. The Hall–Kier alpha value is -2.83. The molecule has 0 bridgehead atoms. The van der Waals surface area contributed by atoms with Crippen LogP contribution in [-0.2, 0) is 9.53 Å². The number of anilines is 1. The number of benzene rings is 2. The Labute approximate surface area is 177 Å². The molecule has 2 aromatic rings. The standard InChI is InChI=1S/C24H27N3O3/c1-18-7-9-19(10-8-18)27-23(28)21-6-3-2-5-20(21)22(24(27)29)17-25-11-4-12-26-13-15-30-16-14-26/h2-3,5-10,17,22H,4,11-16H2,1H3/p+1/t22-/m0/s1. The van der Waals surface area contributed by atoms with E-state index in [1.54, 1.807) is 17.2 Å². The average Bonchev–Trinajstić information content (AvgIpc) is 2.77. The minimum Gasteiger partial charge on any atom is -0.370 e. The summed E-state index contributed by atoms with van der Waals surface area (Å²) in [5.74, 6) is -1.07. The highest BCUT2D eigenvalue weighted by Gasteiger charge is 2.38. The molecule has 0 aliphatic carbocycles. The van der Waals surface area contributed by atoms with Crippen LogP contribution in [0.25, 0.3) is 0 Å². The van der Waals surface area contributed by atoms with Crippen molar-refractivity contribution in [1.82, 2.24) is 0 Å². The first-order valence-electron chi connectivity index (χ1n) is 10.6. The number of fused-ring (bicyclic) bond motifs is 1. The van der Waals surface area contributed by atoms with Gasteiger partial charge in [0.05, 0.1) is 31.4 Å². The van der Waals surface area contributed by atoms with Gasteiger partial charge >= 0.3 is 0 Å². The second kappa shape index (κ2) is 9.32. The molecule has 1 N–H and O–H groups in total. The Morgan fingerprint density at radius 1 is 1.10 bits per heavy atom. The van der Waals surface area contributed by atoms with Crippen molar-refractivity contribution >= 4 is 23.7 Å². The second-order valence-electron chi connectivity index (χ2n) is 7.90. The molecule has 2 aromatic carbocycles. The quantitative estimate of drug-likeness (QED) is 0.451. The fourth-order valence-electron chi connectivity index (χ4n) is 4.05. The van der Waals surface area contributed by atoms with Gasteiger partial charge in [-0.3, -0.25) is 14.6 Å². The lowest BCUT2D eigenvalue weighted by Crippen LogP contribution is -3.14. The van der Waals surface area contributed by atoms with Crippen molar-refractivity contribution in [2.75, 3.05) is 44.3 Å². The smallest absolute Gasteiger partial charge is 0.265 e. The van der Waals surface area contributed by atoms with Crippen molar-refractivity contribution in [2.45, 2.75) is 19.3 Å². The van der Waals surface area contributed by atoms with Crippen LogP contribution in [0.3, 0.4) is 0 Å². The fraction of sp³-hybridized carbons (Fsp3) is 0.375. The van der Waals surface area contributed by atoms with Gasteiger partial charge in [0.2, 0.25) is 5.91 Å². The highest BCUT2D eigenvalue weighted by molar-refractivity contribution is 6.29. The van der Waals surface area contributed by atoms with Crippen molar-refractivity contribution in [3.63, 3.8) is 0 Å². The number of carbonyl (C=O) groups is 2. The Kier molecular flexibility index (Phi) is 6.35. The normalized spacial score (nSPS) is 20.0. The largest absolute Gasteiger partial charge is 0.370 e. The van der Waals surface area contributed by atoms with E-state index in [9.17, 15) is 9.59 Å². The second-order valence-corrected chi connectivity index (χ2v) is 7.90. The molecule has 30 heavy (non-hydrogen) atoms. The van der Waals surface area contributed by atoms with Crippen molar-refractivity contribution in [3.8, 4) is 0 Å². The summed E-state index contributed by atoms with van der Waals surface area (Å²) in [7, 11) is 0. The number of morpholine rings is 1. The topological polar surface area (TPSA) is 63.4 Å². The van der Waals surface area contributed by atoms with Crippen molar-refractivity contribution < 1.29 is 19.2 Å². The molecule has 1 fully saturated rings. The molecule has 6 nitrogen and oxygen atoms in total. The van der Waals surface area contributed by atoms with Gasteiger partial charge in [-0.2, -0.15) is 0 Å². The SMILES string of the molecule is Cc1ccc(N2C(=O)c3ccccc3[C@H](C=NCCC[NH+]3CCOCC3)C2=O)cc1. The molecule has 4 rings (SSSR count). The predicted octanol–water partition coefficient (Wildman–Crippen LogP) is 1.64. The number of amides is 2. The summed E-state index contributed by atoms with van der Waals surface area (Å²) in [6, 6.07) is 14.8. The van der Waals surface area contributed by atoms with Crippen LogP contribution >= 0.6 is 0 Å². The van der Waals surface area contributed by atoms with Gasteiger partial charge in [0.25, 0.3) is 5.91 Å². The lowest BCUT2D eigenvalue weighted by Gasteiger charge is -2.31. The number of aliphatic imine (C=N–C) groups is 1. The van der Waals surface area contributed by atoms with Crippen LogP contribution in [0.15, 0.2) is 53.5 Å². The summed E-state index contributed by atoms with van der Waals surface area (Å²) in [6.07, 6.45) is 2.69. The van der Waals surface area contributed by atoms with Crippen LogP contribution in [0.5, 0.6) is 0 Å². The van der Waals surface area contributed by atoms with E-state index < -0.39 is 5.92 Å². The number of nitrogens with zero attached hydrogens (tertiary/aromatic N) is 2. The molecule has 1 atom stereocenters. The summed E-state index contributed by atoms with van der Waals surface area (Å²) >= 11 is 0. The van der Waals surface area contributed by atoms with E-state index in [0.29, 0.717) is 17.8 Å². The highest BCUT2D eigenvalue weighted by Crippen LogP contribution is 2.32. The number of quaternary nitrogens is 1. The van der Waals surface area contributed by atoms with Crippen LogP contribution < -0.4 is 9.80 Å². The van der Waals surface area contributed by atoms with Crippen LogP contribution in [0.1, 0.15) is 33.8 Å². The van der Waals surface area contributed by atoms with Gasteiger partial charge in [-0.1, -0.05) is 35.9 Å². The maximum absolute atomic E-state index is 13.3. The number of imide groups is 1. The third kappa shape index (κ3) is 4.35. The first kappa shape index (κ1) is 20.4. The Balaban J connectivity index is 1.50. The third-order valence-corrected chi connectivity index (χ3v) is 5.78. The summed E-state index contributed by atoms with van der Waals surface area (Å²) in [5.41, 5.74) is 2.97. The number of ether oxygens (including phenoxy) is 1. The molecule has 0 spiro atoms. The zero-order valence-electron chi connectivity index (χ0n) is 17.3. The minimum atomic E-state index is -0.545. The molecular formula is C24H28N3O3+. The van der Waals surface area contributed by atoms with E-state index in [2.05, 4.69) is 4.99 Å². The Morgan fingerprint density at radius 3 is 2.60 bits per heavy atom. The third-order valence-electron chi connectivity index (χ3n) is 5.78. The molecule has 6 heteroatoms. The Morgan fingerprint density at radius 2 is 1.83 bits per heavy atom. The average molecular weight is 407 g/mol. The minimum absolute atomic E-state index is 0.245. The molecule has 0 unspecified atom stereocenters. The number of rotatable bonds is 6. The number of carbonyl (C=O) groups excluding carboxylic acids is 2. The first-order valence-corrected chi connectivity index (χ1v) is 10.6. The van der Waals surface area contributed by atoms with Crippen LogP contribution in [0.2, 0.25) is 0 Å². The highest BCUT2D eigenvalue weighted by atomic mass is 16.5. The molecular weight excluding hydrogens is 378 g/mol. The maximum atomic E-state index is 13.3. The van der Waals surface area contributed by atoms with Gasteiger partial charge in [-0.15, -0.1) is 0 Å². The molecule has 0 radical (unpaired) electrons.